The summed E-state index contributed by atoms with van der Waals surface area (Å²) in [6.07, 6.45) is 13.8. The van der Waals surface area contributed by atoms with Gasteiger partial charge in [0.05, 0.1) is 6.54 Å². The summed E-state index contributed by atoms with van der Waals surface area (Å²) >= 11 is 0. The topological polar surface area (TPSA) is 46.1 Å². The molecule has 0 unspecified atom stereocenters. The summed E-state index contributed by atoms with van der Waals surface area (Å²) in [6.45, 7) is 20.8. The third kappa shape index (κ3) is 17.8. The van der Waals surface area contributed by atoms with Crippen LogP contribution in [0, 0.1) is 5.41 Å². The first-order chi connectivity index (χ1) is 12.5. The van der Waals surface area contributed by atoms with Crippen LogP contribution < -0.4 is 4.57 Å². The maximum Gasteiger partial charge on any atom is 0.303 e. The normalized spacial score (nSPS) is 11.1. The number of hydrogen-bond acceptors (Lipinski definition) is 1. The van der Waals surface area contributed by atoms with E-state index in [-0.39, 0.29) is 5.54 Å². The second-order valence-corrected chi connectivity index (χ2v) is 9.10. The lowest BCUT2D eigenvalue weighted by Crippen LogP contribution is -2.32. The van der Waals surface area contributed by atoms with E-state index in [0.29, 0.717) is 11.8 Å². The second kappa shape index (κ2) is 14.7. The monoisotopic (exact) mass is 383 g/mol. The van der Waals surface area contributed by atoms with Crippen molar-refractivity contribution < 1.29 is 14.5 Å². The molecule has 0 aliphatic carbocycles. The van der Waals surface area contributed by atoms with E-state index < -0.39 is 5.97 Å². The molecule has 160 valence electrons. The summed E-state index contributed by atoms with van der Waals surface area (Å²) in [4.78, 5) is 9.87. The molecule has 0 amide bonds. The van der Waals surface area contributed by atoms with E-state index in [9.17, 15) is 4.79 Å². The highest BCUT2D eigenvalue weighted by molar-refractivity contribution is 5.66. The molecular formula is C23H47N2O2+. The van der Waals surface area contributed by atoms with Crippen LogP contribution in [0.2, 0.25) is 0 Å². The molecule has 4 heteroatoms. The van der Waals surface area contributed by atoms with Gasteiger partial charge >= 0.3 is 5.97 Å². The number of aryl methyl sites for hydroxylation is 1. The Morgan fingerprint density at radius 1 is 1.00 bits per heavy atom. The quantitative estimate of drug-likeness (QED) is 0.415. The van der Waals surface area contributed by atoms with Crippen molar-refractivity contribution in [2.45, 2.75) is 119 Å². The average molecular weight is 384 g/mol. The Morgan fingerprint density at radius 3 is 2.00 bits per heavy atom. The van der Waals surface area contributed by atoms with Crippen LogP contribution in [-0.2, 0) is 16.9 Å². The smallest absolute Gasteiger partial charge is 0.303 e. The number of carbonyl (C=O) groups is 1. The number of aromatic nitrogens is 2. The summed E-state index contributed by atoms with van der Waals surface area (Å²) in [5, 5.41) is 8.14. The van der Waals surface area contributed by atoms with Gasteiger partial charge in [0.15, 0.2) is 0 Å². The lowest BCUT2D eigenvalue weighted by molar-refractivity contribution is -0.697. The number of imidazole rings is 1. The minimum atomic E-state index is -0.682. The molecule has 0 radical (unpaired) electrons. The van der Waals surface area contributed by atoms with Crippen molar-refractivity contribution >= 4 is 5.97 Å². The molecule has 0 spiro atoms. The van der Waals surface area contributed by atoms with Crippen molar-refractivity contribution in [2.75, 3.05) is 0 Å². The van der Waals surface area contributed by atoms with E-state index in [2.05, 4.69) is 76.3 Å². The summed E-state index contributed by atoms with van der Waals surface area (Å²) in [5.74, 6) is -0.682. The van der Waals surface area contributed by atoms with Gasteiger partial charge in [0, 0.05) is 6.42 Å². The van der Waals surface area contributed by atoms with Gasteiger partial charge in [0.1, 0.15) is 17.9 Å². The molecule has 27 heavy (non-hydrogen) atoms. The first-order valence-corrected chi connectivity index (χ1v) is 10.7. The lowest BCUT2D eigenvalue weighted by atomic mass is 9.90. The number of hydrogen-bond donors (Lipinski definition) is 1. The van der Waals surface area contributed by atoms with Gasteiger partial charge in [0.2, 0.25) is 6.33 Å². The van der Waals surface area contributed by atoms with Crippen LogP contribution in [0.15, 0.2) is 18.7 Å². The van der Waals surface area contributed by atoms with E-state index in [1.807, 2.05) is 13.8 Å². The van der Waals surface area contributed by atoms with E-state index in [1.165, 1.54) is 19.3 Å². The predicted octanol–water partition coefficient (Wildman–Crippen LogP) is 6.42. The van der Waals surface area contributed by atoms with Crippen molar-refractivity contribution in [3.05, 3.63) is 18.7 Å². The number of carboxylic acids is 1. The van der Waals surface area contributed by atoms with Gasteiger partial charge in [-0.05, 0) is 51.9 Å². The van der Waals surface area contributed by atoms with Crippen LogP contribution in [0.3, 0.4) is 0 Å². The standard InChI is InChI=1S/C15H29N2.C6H12O2.C2H6/c1-14(2,3)9-7-8-10-16-11-12-17(13-16)15(4,5)6;1-2-3-4-5-6(7)8;1-2/h11-13H,7-10H2,1-6H3;2-5H2,1H3,(H,7,8);1-2H3/q+1;;. The molecule has 1 aromatic rings. The van der Waals surface area contributed by atoms with Crippen molar-refractivity contribution in [3.63, 3.8) is 0 Å². The zero-order valence-electron chi connectivity index (χ0n) is 19.6. The molecule has 0 fully saturated rings. The number of rotatable bonds is 8. The number of aliphatic carboxylic acids is 1. The number of carboxylic acid groups (broad SMARTS) is 1. The van der Waals surface area contributed by atoms with Crippen LogP contribution in [-0.4, -0.2) is 15.6 Å². The van der Waals surface area contributed by atoms with Gasteiger partial charge in [-0.2, -0.15) is 0 Å². The van der Waals surface area contributed by atoms with Gasteiger partial charge in [-0.25, -0.2) is 9.13 Å². The second-order valence-electron chi connectivity index (χ2n) is 9.10. The highest BCUT2D eigenvalue weighted by Crippen LogP contribution is 2.21. The van der Waals surface area contributed by atoms with Gasteiger partial charge < -0.3 is 5.11 Å². The summed E-state index contributed by atoms with van der Waals surface area (Å²) in [7, 11) is 0. The molecule has 0 saturated heterocycles. The minimum Gasteiger partial charge on any atom is -0.481 e. The minimum absolute atomic E-state index is 0.191. The SMILES string of the molecule is CC.CC(C)(C)CCCC[n+]1ccn(C(C)(C)C)c1.CCCCCC(=O)O. The predicted molar refractivity (Wildman–Crippen MR) is 116 cm³/mol. The van der Waals surface area contributed by atoms with Crippen molar-refractivity contribution in [1.82, 2.24) is 4.57 Å². The highest BCUT2D eigenvalue weighted by atomic mass is 16.4. The Kier molecular flexibility index (Phi) is 15.2. The number of nitrogens with zero attached hydrogens (tertiary/aromatic N) is 2. The first-order valence-electron chi connectivity index (χ1n) is 10.7. The van der Waals surface area contributed by atoms with Crippen LogP contribution in [0.5, 0.6) is 0 Å². The Bertz CT molecular complexity index is 479. The van der Waals surface area contributed by atoms with Crippen molar-refractivity contribution in [3.8, 4) is 0 Å². The molecular weight excluding hydrogens is 336 g/mol. The maximum atomic E-state index is 9.87. The summed E-state index contributed by atoms with van der Waals surface area (Å²) < 4.78 is 4.57. The Labute approximate surface area is 169 Å². The summed E-state index contributed by atoms with van der Waals surface area (Å²) in [5.41, 5.74) is 0.665. The lowest BCUT2D eigenvalue weighted by Gasteiger charge is -2.17. The van der Waals surface area contributed by atoms with Gasteiger partial charge in [-0.3, -0.25) is 4.79 Å². The molecule has 1 heterocycles. The molecule has 0 saturated carbocycles. The van der Waals surface area contributed by atoms with E-state index in [1.54, 1.807) is 0 Å². The summed E-state index contributed by atoms with van der Waals surface area (Å²) in [6, 6.07) is 0. The van der Waals surface area contributed by atoms with E-state index in [4.69, 9.17) is 5.11 Å². The molecule has 1 aromatic heterocycles. The zero-order valence-corrected chi connectivity index (χ0v) is 19.6. The third-order valence-electron chi connectivity index (χ3n) is 4.05. The molecule has 0 bridgehead atoms. The van der Waals surface area contributed by atoms with Gasteiger partial charge in [-0.1, -0.05) is 54.4 Å². The molecule has 4 nitrogen and oxygen atoms in total. The molecule has 1 rings (SSSR count). The molecule has 0 atom stereocenters. The molecule has 0 aliphatic rings. The van der Waals surface area contributed by atoms with Crippen LogP contribution in [0.25, 0.3) is 0 Å². The fourth-order valence-electron chi connectivity index (χ4n) is 2.40. The average Bonchev–Trinajstić information content (AvgIpc) is 3.02. The fourth-order valence-corrected chi connectivity index (χ4v) is 2.40. The zero-order chi connectivity index (χ0) is 21.5. The van der Waals surface area contributed by atoms with Gasteiger partial charge in [-0.15, -0.1) is 0 Å². The van der Waals surface area contributed by atoms with Crippen molar-refractivity contribution in [2.24, 2.45) is 5.41 Å². The molecule has 1 N–H and O–H groups in total. The van der Waals surface area contributed by atoms with E-state index >= 15 is 0 Å². The Morgan fingerprint density at radius 2 is 1.59 bits per heavy atom. The first kappa shape index (κ1) is 27.9. The fraction of sp³-hybridized carbons (Fsp3) is 0.826. The molecule has 0 aliphatic heterocycles. The largest absolute Gasteiger partial charge is 0.481 e. The molecule has 0 aromatic carbocycles. The van der Waals surface area contributed by atoms with Crippen LogP contribution >= 0.6 is 0 Å². The van der Waals surface area contributed by atoms with Crippen LogP contribution in [0.1, 0.15) is 107 Å². The third-order valence-corrected chi connectivity index (χ3v) is 4.05. The Balaban J connectivity index is 0. The Hall–Kier alpha value is -1.32. The highest BCUT2D eigenvalue weighted by Gasteiger charge is 2.18. The van der Waals surface area contributed by atoms with Crippen LogP contribution in [0.4, 0.5) is 0 Å². The number of unbranched alkanes of at least 4 members (excludes halogenated alkanes) is 3. The van der Waals surface area contributed by atoms with Gasteiger partial charge in [0.25, 0.3) is 0 Å². The van der Waals surface area contributed by atoms with E-state index in [0.717, 1.165) is 25.8 Å². The van der Waals surface area contributed by atoms with Crippen molar-refractivity contribution in [1.29, 1.82) is 0 Å². The maximum absolute atomic E-state index is 9.87.